The van der Waals surface area contributed by atoms with E-state index in [1.54, 1.807) is 0 Å². The van der Waals surface area contributed by atoms with Gasteiger partial charge in [-0.2, -0.15) is 5.26 Å². The molecule has 0 saturated carbocycles. The predicted molar refractivity (Wildman–Crippen MR) is 72.7 cm³/mol. The van der Waals surface area contributed by atoms with Crippen molar-refractivity contribution >= 4 is 0 Å². The molecule has 0 radical (unpaired) electrons. The van der Waals surface area contributed by atoms with Gasteiger partial charge in [-0.25, -0.2) is 0 Å². The largest absolute Gasteiger partial charge is 0.303 e. The summed E-state index contributed by atoms with van der Waals surface area (Å²) < 4.78 is 0. The van der Waals surface area contributed by atoms with Crippen LogP contribution in [0.25, 0.3) is 0 Å². The zero-order valence-corrected chi connectivity index (χ0v) is 11.8. The van der Waals surface area contributed by atoms with Crippen LogP contribution in [-0.4, -0.2) is 24.5 Å². The highest BCUT2D eigenvalue weighted by molar-refractivity contribution is 4.92. The van der Waals surface area contributed by atoms with Crippen molar-refractivity contribution < 1.29 is 0 Å². The molecular weight excluding hydrogens is 208 g/mol. The summed E-state index contributed by atoms with van der Waals surface area (Å²) in [7, 11) is 0. The summed E-state index contributed by atoms with van der Waals surface area (Å²) in [5, 5.41) is 9.02. The molecule has 1 fully saturated rings. The van der Waals surface area contributed by atoms with Crippen LogP contribution in [0.15, 0.2) is 0 Å². The normalized spacial score (nSPS) is 23.1. The van der Waals surface area contributed by atoms with E-state index in [-0.39, 0.29) is 5.41 Å². The Morgan fingerprint density at radius 1 is 1.29 bits per heavy atom. The molecule has 17 heavy (non-hydrogen) atoms. The first kappa shape index (κ1) is 14.5. The van der Waals surface area contributed by atoms with Crippen molar-refractivity contribution in [3.05, 3.63) is 0 Å². The zero-order valence-electron chi connectivity index (χ0n) is 11.8. The summed E-state index contributed by atoms with van der Waals surface area (Å²) in [5.41, 5.74) is -0.158. The van der Waals surface area contributed by atoms with Gasteiger partial charge in [0.05, 0.1) is 11.5 Å². The molecule has 0 aromatic rings. The van der Waals surface area contributed by atoms with Crippen LogP contribution in [0.2, 0.25) is 0 Å². The topological polar surface area (TPSA) is 27.0 Å². The summed E-state index contributed by atoms with van der Waals surface area (Å²) in [4.78, 5) is 2.56. The minimum Gasteiger partial charge on any atom is -0.303 e. The van der Waals surface area contributed by atoms with E-state index < -0.39 is 0 Å². The van der Waals surface area contributed by atoms with Crippen LogP contribution in [0.3, 0.4) is 0 Å². The molecule has 98 valence electrons. The van der Waals surface area contributed by atoms with E-state index in [0.29, 0.717) is 0 Å². The molecule has 0 aromatic heterocycles. The van der Waals surface area contributed by atoms with Gasteiger partial charge in [0.25, 0.3) is 0 Å². The van der Waals surface area contributed by atoms with Crippen molar-refractivity contribution in [2.24, 2.45) is 11.3 Å². The molecule has 2 nitrogen and oxygen atoms in total. The second-order valence-corrected chi connectivity index (χ2v) is 6.17. The van der Waals surface area contributed by atoms with Gasteiger partial charge < -0.3 is 4.90 Å². The molecule has 0 aromatic carbocycles. The van der Waals surface area contributed by atoms with Crippen molar-refractivity contribution in [3.63, 3.8) is 0 Å². The fraction of sp³-hybridized carbons (Fsp3) is 0.933. The highest BCUT2D eigenvalue weighted by Crippen LogP contribution is 2.24. The van der Waals surface area contributed by atoms with E-state index >= 15 is 0 Å². The summed E-state index contributed by atoms with van der Waals surface area (Å²) in [5.74, 6) is 0.953. The van der Waals surface area contributed by atoms with Crippen molar-refractivity contribution in [3.8, 4) is 6.07 Å². The number of nitriles is 1. The summed E-state index contributed by atoms with van der Waals surface area (Å²) in [6, 6.07) is 2.40. The molecule has 1 rings (SSSR count). The minimum atomic E-state index is -0.158. The average Bonchev–Trinajstić information content (AvgIpc) is 2.53. The van der Waals surface area contributed by atoms with Crippen molar-refractivity contribution in [2.45, 2.75) is 59.3 Å². The second kappa shape index (κ2) is 7.01. The Morgan fingerprint density at radius 3 is 2.71 bits per heavy atom. The van der Waals surface area contributed by atoms with E-state index in [1.165, 1.54) is 45.2 Å². The van der Waals surface area contributed by atoms with Crippen LogP contribution in [0.4, 0.5) is 0 Å². The first-order valence-corrected chi connectivity index (χ1v) is 7.21. The van der Waals surface area contributed by atoms with Crippen LogP contribution in [-0.2, 0) is 0 Å². The Morgan fingerprint density at radius 2 is 2.06 bits per heavy atom. The first-order chi connectivity index (χ1) is 8.07. The van der Waals surface area contributed by atoms with Crippen molar-refractivity contribution in [1.29, 1.82) is 5.26 Å². The molecule has 0 aliphatic carbocycles. The third-order valence-corrected chi connectivity index (χ3v) is 3.99. The highest BCUT2D eigenvalue weighted by Gasteiger charge is 2.20. The lowest BCUT2D eigenvalue weighted by molar-refractivity contribution is 0.246. The lowest BCUT2D eigenvalue weighted by Gasteiger charge is -2.24. The maximum atomic E-state index is 9.02. The number of rotatable bonds is 5. The van der Waals surface area contributed by atoms with Gasteiger partial charge in [0.2, 0.25) is 0 Å². The van der Waals surface area contributed by atoms with Gasteiger partial charge >= 0.3 is 0 Å². The first-order valence-electron chi connectivity index (χ1n) is 7.21. The Hall–Kier alpha value is -0.550. The average molecular weight is 236 g/mol. The molecule has 0 bridgehead atoms. The quantitative estimate of drug-likeness (QED) is 0.725. The monoisotopic (exact) mass is 236 g/mol. The number of likely N-dealkylation sites (tertiary alicyclic amines) is 1. The second-order valence-electron chi connectivity index (χ2n) is 6.17. The van der Waals surface area contributed by atoms with Gasteiger partial charge in [-0.15, -0.1) is 0 Å². The Kier molecular flexibility index (Phi) is 5.98. The fourth-order valence-corrected chi connectivity index (χ4v) is 2.64. The van der Waals surface area contributed by atoms with Crippen LogP contribution < -0.4 is 0 Å². The summed E-state index contributed by atoms with van der Waals surface area (Å²) in [6.45, 7) is 9.96. The van der Waals surface area contributed by atoms with Crippen LogP contribution in [0.1, 0.15) is 59.3 Å². The molecule has 0 amide bonds. The van der Waals surface area contributed by atoms with Crippen LogP contribution in [0.5, 0.6) is 0 Å². The molecule has 1 heterocycles. The van der Waals surface area contributed by atoms with Crippen LogP contribution in [0, 0.1) is 22.7 Å². The molecule has 1 saturated heterocycles. The van der Waals surface area contributed by atoms with E-state index in [4.69, 9.17) is 5.26 Å². The molecule has 1 atom stereocenters. The molecule has 1 aliphatic heterocycles. The van der Waals surface area contributed by atoms with E-state index in [2.05, 4.69) is 17.9 Å². The van der Waals surface area contributed by atoms with Gasteiger partial charge in [0.15, 0.2) is 0 Å². The number of hydrogen-bond donors (Lipinski definition) is 0. The molecule has 2 heteroatoms. The molecule has 1 unspecified atom stereocenters. The van der Waals surface area contributed by atoms with Crippen LogP contribution >= 0.6 is 0 Å². The van der Waals surface area contributed by atoms with Crippen molar-refractivity contribution in [1.82, 2.24) is 4.90 Å². The van der Waals surface area contributed by atoms with Crippen molar-refractivity contribution in [2.75, 3.05) is 19.6 Å². The van der Waals surface area contributed by atoms with Gasteiger partial charge in [0, 0.05) is 0 Å². The number of hydrogen-bond acceptors (Lipinski definition) is 2. The lowest BCUT2D eigenvalue weighted by Crippen LogP contribution is -2.29. The zero-order chi connectivity index (χ0) is 12.7. The molecule has 0 spiro atoms. The van der Waals surface area contributed by atoms with Gasteiger partial charge in [0.1, 0.15) is 0 Å². The molecule has 1 aliphatic rings. The third-order valence-electron chi connectivity index (χ3n) is 3.99. The molecule has 0 N–H and O–H groups in total. The van der Waals surface area contributed by atoms with Gasteiger partial charge in [-0.1, -0.05) is 19.8 Å². The maximum Gasteiger partial charge on any atom is 0.0684 e. The third kappa shape index (κ3) is 5.55. The fourth-order valence-electron chi connectivity index (χ4n) is 2.64. The minimum absolute atomic E-state index is 0.158. The Labute approximate surface area is 107 Å². The lowest BCUT2D eigenvalue weighted by atomic mass is 9.91. The number of nitrogens with zero attached hydrogens (tertiary/aromatic N) is 2. The predicted octanol–water partition coefficient (Wildman–Crippen LogP) is 3.83. The maximum absolute atomic E-state index is 9.02. The smallest absolute Gasteiger partial charge is 0.0684 e. The molecular formula is C15H28N2. The van der Waals surface area contributed by atoms with E-state index in [9.17, 15) is 0 Å². The highest BCUT2D eigenvalue weighted by atomic mass is 15.1. The SMILES string of the molecule is CCCC1CCCN(CCC(C)(C)C#N)CC1. The summed E-state index contributed by atoms with van der Waals surface area (Å²) >= 11 is 0. The van der Waals surface area contributed by atoms with E-state index in [0.717, 1.165) is 18.9 Å². The van der Waals surface area contributed by atoms with Gasteiger partial charge in [-0.05, 0) is 65.1 Å². The Balaban J connectivity index is 2.30. The Bertz CT molecular complexity index is 252. The standard InChI is InChI=1S/C15H28N2/c1-4-6-14-7-5-10-17(11-8-14)12-9-15(2,3)13-16/h14H,4-12H2,1-3H3. The summed E-state index contributed by atoms with van der Waals surface area (Å²) in [6.07, 6.45) is 7.84. The van der Waals surface area contributed by atoms with Gasteiger partial charge in [-0.3, -0.25) is 0 Å². The van der Waals surface area contributed by atoms with E-state index in [1.807, 2.05) is 13.8 Å².